The highest BCUT2D eigenvalue weighted by Crippen LogP contribution is 2.40. The van der Waals surface area contributed by atoms with Crippen molar-refractivity contribution in [2.75, 3.05) is 24.1 Å². The smallest absolute Gasteiger partial charge is 0.256 e. The van der Waals surface area contributed by atoms with E-state index in [0.29, 0.717) is 49.6 Å². The maximum atomic E-state index is 12.8. The summed E-state index contributed by atoms with van der Waals surface area (Å²) in [7, 11) is 0. The number of pyridine rings is 1. The number of anilines is 2. The van der Waals surface area contributed by atoms with Crippen molar-refractivity contribution in [1.82, 2.24) is 24.3 Å². The summed E-state index contributed by atoms with van der Waals surface area (Å²) < 4.78 is 1.99. The SMILES string of the molecule is Nc1nccn2c(C3CCCN(C(=O)C4(O)CC4)C3)nc(C3C=CC(C(=O)Nc4ccccn4)=CC3)c12. The summed E-state index contributed by atoms with van der Waals surface area (Å²) in [6, 6.07) is 5.36. The van der Waals surface area contributed by atoms with Crippen molar-refractivity contribution in [3.63, 3.8) is 0 Å². The van der Waals surface area contributed by atoms with E-state index in [9.17, 15) is 14.7 Å². The minimum absolute atomic E-state index is 0.0194. The molecule has 1 aliphatic heterocycles. The van der Waals surface area contributed by atoms with Crippen molar-refractivity contribution < 1.29 is 14.7 Å². The second-order valence-corrected chi connectivity index (χ2v) is 10.0. The van der Waals surface area contributed by atoms with E-state index in [1.165, 1.54) is 0 Å². The van der Waals surface area contributed by atoms with E-state index in [1.807, 2.05) is 28.8 Å². The molecule has 4 N–H and O–H groups in total. The average Bonchev–Trinajstić information content (AvgIpc) is 3.56. The second kappa shape index (κ2) is 9.11. The summed E-state index contributed by atoms with van der Waals surface area (Å²) in [5.74, 6) is 1.30. The van der Waals surface area contributed by atoms with Crippen LogP contribution in [-0.2, 0) is 9.59 Å². The minimum Gasteiger partial charge on any atom is -0.382 e. The summed E-state index contributed by atoms with van der Waals surface area (Å²) in [5.41, 5.74) is 7.29. The van der Waals surface area contributed by atoms with E-state index in [1.54, 1.807) is 35.5 Å². The van der Waals surface area contributed by atoms with E-state index in [2.05, 4.69) is 15.3 Å². The average molecular weight is 500 g/mol. The van der Waals surface area contributed by atoms with Gasteiger partial charge in [0.15, 0.2) is 0 Å². The maximum Gasteiger partial charge on any atom is 0.256 e. The Balaban J connectivity index is 1.25. The van der Waals surface area contributed by atoms with Crippen LogP contribution in [0.25, 0.3) is 5.52 Å². The molecule has 0 radical (unpaired) electrons. The first kappa shape index (κ1) is 23.4. The van der Waals surface area contributed by atoms with Crippen LogP contribution in [-0.4, -0.2) is 59.9 Å². The zero-order valence-electron chi connectivity index (χ0n) is 20.4. The van der Waals surface area contributed by atoms with Gasteiger partial charge in [0.2, 0.25) is 0 Å². The molecular weight excluding hydrogens is 470 g/mol. The molecule has 1 saturated heterocycles. The molecule has 6 rings (SSSR count). The lowest BCUT2D eigenvalue weighted by Gasteiger charge is -2.33. The summed E-state index contributed by atoms with van der Waals surface area (Å²) in [6.45, 7) is 1.16. The van der Waals surface area contributed by atoms with E-state index in [-0.39, 0.29) is 23.7 Å². The van der Waals surface area contributed by atoms with Gasteiger partial charge in [-0.2, -0.15) is 0 Å². The third-order valence-electron chi connectivity index (χ3n) is 7.45. The molecule has 0 aromatic carbocycles. The molecule has 2 aliphatic carbocycles. The predicted octanol–water partition coefficient (Wildman–Crippen LogP) is 2.55. The molecule has 0 spiro atoms. The fourth-order valence-corrected chi connectivity index (χ4v) is 5.28. The number of aromatic nitrogens is 4. The number of hydrogen-bond acceptors (Lipinski definition) is 7. The van der Waals surface area contributed by atoms with Crippen LogP contribution in [0.1, 0.15) is 55.5 Å². The lowest BCUT2D eigenvalue weighted by atomic mass is 9.93. The van der Waals surface area contributed by atoms with E-state index < -0.39 is 5.60 Å². The number of imidazole rings is 1. The van der Waals surface area contributed by atoms with Crippen molar-refractivity contribution >= 4 is 29.0 Å². The van der Waals surface area contributed by atoms with E-state index >= 15 is 0 Å². The van der Waals surface area contributed by atoms with Crippen LogP contribution in [0.15, 0.2) is 60.6 Å². The standard InChI is InChI=1S/C27H29N7O3/c28-23-22-21(17-6-8-18(9-7-17)25(35)31-20-5-1-2-12-29-20)32-24(34(22)15-13-30-23)19-4-3-14-33(16-19)26(36)27(37)10-11-27/h1-2,5-6,8-9,12-13,15,17,19,37H,3-4,7,10-11,14,16H2,(H2,28,30)(H,29,31,35). The number of nitrogens with two attached hydrogens (primary N) is 1. The van der Waals surface area contributed by atoms with Gasteiger partial charge in [-0.25, -0.2) is 15.0 Å². The highest BCUT2D eigenvalue weighted by molar-refractivity contribution is 6.05. The Bertz CT molecular complexity index is 1420. The highest BCUT2D eigenvalue weighted by Gasteiger charge is 2.50. The number of nitrogen functional groups attached to an aromatic ring is 1. The van der Waals surface area contributed by atoms with Gasteiger partial charge in [-0.05, 0) is 44.2 Å². The lowest BCUT2D eigenvalue weighted by molar-refractivity contribution is -0.143. The van der Waals surface area contributed by atoms with Gasteiger partial charge in [0.05, 0.1) is 5.69 Å². The number of carbonyl (C=O) groups is 2. The van der Waals surface area contributed by atoms with Gasteiger partial charge < -0.3 is 21.1 Å². The molecule has 4 heterocycles. The van der Waals surface area contributed by atoms with Gasteiger partial charge in [-0.15, -0.1) is 0 Å². The maximum absolute atomic E-state index is 12.8. The van der Waals surface area contributed by atoms with Crippen LogP contribution in [0.5, 0.6) is 0 Å². The monoisotopic (exact) mass is 499 g/mol. The highest BCUT2D eigenvalue weighted by atomic mass is 16.3. The van der Waals surface area contributed by atoms with Crippen LogP contribution >= 0.6 is 0 Å². The fourth-order valence-electron chi connectivity index (χ4n) is 5.28. The van der Waals surface area contributed by atoms with Crippen LogP contribution < -0.4 is 11.1 Å². The molecule has 2 amide bonds. The van der Waals surface area contributed by atoms with Crippen LogP contribution in [0.2, 0.25) is 0 Å². The summed E-state index contributed by atoms with van der Waals surface area (Å²) >= 11 is 0. The number of likely N-dealkylation sites (tertiary alicyclic amines) is 1. The molecule has 3 aliphatic rings. The molecule has 190 valence electrons. The summed E-state index contributed by atoms with van der Waals surface area (Å²) in [5, 5.41) is 13.2. The first-order chi connectivity index (χ1) is 17.9. The van der Waals surface area contributed by atoms with Gasteiger partial charge in [0.25, 0.3) is 11.8 Å². The van der Waals surface area contributed by atoms with Gasteiger partial charge in [0.1, 0.15) is 28.6 Å². The van der Waals surface area contributed by atoms with Crippen LogP contribution in [0, 0.1) is 0 Å². The molecule has 2 atom stereocenters. The van der Waals surface area contributed by atoms with Crippen LogP contribution in [0.3, 0.4) is 0 Å². The number of rotatable bonds is 5. The molecule has 3 aromatic rings. The number of nitrogens with one attached hydrogen (secondary N) is 1. The Morgan fingerprint density at radius 3 is 2.78 bits per heavy atom. The number of piperidine rings is 1. The van der Waals surface area contributed by atoms with Crippen molar-refractivity contribution in [3.8, 4) is 0 Å². The Kier molecular flexibility index (Phi) is 5.75. The quantitative estimate of drug-likeness (QED) is 0.490. The number of allylic oxidation sites excluding steroid dienone is 2. The Hall–Kier alpha value is -4.05. The normalized spacial score (nSPS) is 22.5. The Morgan fingerprint density at radius 1 is 1.19 bits per heavy atom. The molecule has 0 bridgehead atoms. The minimum atomic E-state index is -1.17. The molecule has 2 unspecified atom stereocenters. The van der Waals surface area contributed by atoms with Crippen LogP contribution in [0.4, 0.5) is 11.6 Å². The number of aliphatic hydroxyl groups is 1. The summed E-state index contributed by atoms with van der Waals surface area (Å²) in [6.07, 6.45) is 14.2. The number of nitrogens with zero attached hydrogens (tertiary/aromatic N) is 5. The molecule has 2 fully saturated rings. The van der Waals surface area contributed by atoms with Crippen molar-refractivity contribution in [3.05, 3.63) is 72.1 Å². The topological polar surface area (TPSA) is 139 Å². The molecular formula is C27H29N7O3. The zero-order chi connectivity index (χ0) is 25.6. The van der Waals surface area contributed by atoms with Gasteiger partial charge in [-0.1, -0.05) is 24.3 Å². The first-order valence-corrected chi connectivity index (χ1v) is 12.7. The Labute approximate surface area is 213 Å². The largest absolute Gasteiger partial charge is 0.382 e. The first-order valence-electron chi connectivity index (χ1n) is 12.7. The van der Waals surface area contributed by atoms with Crippen molar-refractivity contribution in [1.29, 1.82) is 0 Å². The van der Waals surface area contributed by atoms with Crippen molar-refractivity contribution in [2.45, 2.75) is 49.5 Å². The number of carbonyl (C=O) groups excluding carboxylic acids is 2. The van der Waals surface area contributed by atoms with E-state index in [0.717, 1.165) is 29.9 Å². The van der Waals surface area contributed by atoms with Crippen molar-refractivity contribution in [2.24, 2.45) is 0 Å². The number of fused-ring (bicyclic) bond motifs is 1. The second-order valence-electron chi connectivity index (χ2n) is 10.0. The molecule has 3 aromatic heterocycles. The number of hydrogen-bond donors (Lipinski definition) is 3. The Morgan fingerprint density at radius 2 is 2.05 bits per heavy atom. The number of amides is 2. The summed E-state index contributed by atoms with van der Waals surface area (Å²) in [4.78, 5) is 40.8. The fraction of sp³-hybridized carbons (Fsp3) is 0.370. The third kappa shape index (κ3) is 4.37. The molecule has 1 saturated carbocycles. The van der Waals surface area contributed by atoms with Gasteiger partial charge >= 0.3 is 0 Å². The zero-order valence-corrected chi connectivity index (χ0v) is 20.4. The van der Waals surface area contributed by atoms with Gasteiger partial charge in [-0.3, -0.25) is 14.0 Å². The lowest BCUT2D eigenvalue weighted by Crippen LogP contribution is -2.45. The predicted molar refractivity (Wildman–Crippen MR) is 138 cm³/mol. The molecule has 10 nitrogen and oxygen atoms in total. The molecule has 10 heteroatoms. The van der Waals surface area contributed by atoms with Gasteiger partial charge in [0, 0.05) is 49.1 Å². The molecule has 37 heavy (non-hydrogen) atoms. The third-order valence-corrected chi connectivity index (χ3v) is 7.45. The van der Waals surface area contributed by atoms with E-state index in [4.69, 9.17) is 10.7 Å².